The number of H-pyrrole nitrogens is 1. The minimum atomic E-state index is -3.22. The second kappa shape index (κ2) is 12.8. The molecule has 0 spiro atoms. The molecular formula is C24H34N3O7PS. The van der Waals surface area contributed by atoms with E-state index in [1.54, 1.807) is 26.0 Å². The highest BCUT2D eigenvalue weighted by atomic mass is 32.5. The van der Waals surface area contributed by atoms with Crippen molar-refractivity contribution in [3.05, 3.63) is 63.4 Å². The third-order valence-corrected chi connectivity index (χ3v) is 7.93. The first-order valence-electron chi connectivity index (χ1n) is 12.0. The number of hydrogen-bond donors (Lipinski definition) is 2. The summed E-state index contributed by atoms with van der Waals surface area (Å²) in [4.78, 5) is 38.6. The van der Waals surface area contributed by atoms with Gasteiger partial charge < -0.3 is 18.5 Å². The lowest BCUT2D eigenvalue weighted by Gasteiger charge is -2.29. The molecule has 2 heterocycles. The summed E-state index contributed by atoms with van der Waals surface area (Å²) in [6, 6.07) is 9.61. The first-order chi connectivity index (χ1) is 17.1. The van der Waals surface area contributed by atoms with Crippen LogP contribution in [0.4, 0.5) is 0 Å². The molecule has 0 bridgehead atoms. The highest BCUT2D eigenvalue weighted by molar-refractivity contribution is 8.09. The molecule has 5 unspecified atom stereocenters. The van der Waals surface area contributed by atoms with E-state index in [1.165, 1.54) is 16.8 Å². The Hall–Kier alpha value is -2.30. The van der Waals surface area contributed by atoms with E-state index in [0.717, 1.165) is 6.42 Å². The summed E-state index contributed by atoms with van der Waals surface area (Å²) in [5.41, 5.74) is -1.00. The Bertz CT molecular complexity index is 1170. The van der Waals surface area contributed by atoms with Gasteiger partial charge in [0.25, 0.3) is 5.56 Å². The van der Waals surface area contributed by atoms with Crippen LogP contribution in [0.2, 0.25) is 0 Å². The van der Waals surface area contributed by atoms with Crippen LogP contribution in [0, 0.1) is 5.92 Å². The van der Waals surface area contributed by atoms with Gasteiger partial charge in [-0.05, 0) is 50.6 Å². The van der Waals surface area contributed by atoms with Crippen molar-refractivity contribution in [3.63, 3.8) is 0 Å². The van der Waals surface area contributed by atoms with Gasteiger partial charge in [-0.1, -0.05) is 38.5 Å². The standard InChI is InChI=1S/C24H34N3O7PS/c1-5-9-20(23(29)32-16(2)3)26-35(36,34-18-10-7-6-8-11-18)31-15-19-14-17(4)22(33-19)27-13-12-21(28)25-24(27)30/h6-8,10-13,16-17,19-20,22H,5,9,14-15H2,1-4H3,(H,26,36)(H,25,28,30). The quantitative estimate of drug-likeness (QED) is 0.308. The molecule has 5 atom stereocenters. The van der Waals surface area contributed by atoms with Crippen molar-refractivity contribution in [1.82, 2.24) is 14.6 Å². The van der Waals surface area contributed by atoms with Crippen molar-refractivity contribution in [2.45, 2.75) is 71.4 Å². The molecule has 1 saturated heterocycles. The SMILES string of the molecule is CCCC(NP(=S)(OCC1CC(C)C(n2ccc(=O)[nH]c2=O)O1)Oc1ccccc1)C(=O)OC(C)C. The summed E-state index contributed by atoms with van der Waals surface area (Å²) in [5.74, 6) is 0.0840. The third-order valence-electron chi connectivity index (χ3n) is 5.51. The van der Waals surface area contributed by atoms with E-state index in [4.69, 9.17) is 30.3 Å². The number of para-hydroxylation sites is 1. The lowest BCUT2D eigenvalue weighted by Crippen LogP contribution is -2.39. The van der Waals surface area contributed by atoms with E-state index >= 15 is 0 Å². The second-order valence-electron chi connectivity index (χ2n) is 9.03. The van der Waals surface area contributed by atoms with Gasteiger partial charge in [0.05, 0.1) is 18.8 Å². The smallest absolute Gasteiger partial charge is 0.330 e. The zero-order chi connectivity index (χ0) is 26.3. The van der Waals surface area contributed by atoms with Crippen LogP contribution in [-0.4, -0.2) is 40.4 Å². The van der Waals surface area contributed by atoms with Gasteiger partial charge in [0, 0.05) is 18.2 Å². The predicted molar refractivity (Wildman–Crippen MR) is 139 cm³/mol. The maximum Gasteiger partial charge on any atom is 0.330 e. The Labute approximate surface area is 215 Å². The maximum absolute atomic E-state index is 12.7. The number of esters is 1. The minimum Gasteiger partial charge on any atom is -0.462 e. The van der Waals surface area contributed by atoms with Crippen LogP contribution in [-0.2, 0) is 30.6 Å². The molecule has 12 heteroatoms. The number of aromatic amines is 1. The summed E-state index contributed by atoms with van der Waals surface area (Å²) in [5, 5.41) is 3.13. The molecule has 1 fully saturated rings. The lowest BCUT2D eigenvalue weighted by molar-refractivity contribution is -0.149. The molecule has 3 rings (SSSR count). The summed E-state index contributed by atoms with van der Waals surface area (Å²) in [6.07, 6.45) is 2.05. The van der Waals surface area contributed by atoms with Gasteiger partial charge in [-0.25, -0.2) is 9.88 Å². The largest absolute Gasteiger partial charge is 0.462 e. The molecular weight excluding hydrogens is 505 g/mol. The van der Waals surface area contributed by atoms with Gasteiger partial charge in [0.15, 0.2) is 0 Å². The summed E-state index contributed by atoms with van der Waals surface area (Å²) in [6.45, 7) is 4.37. The summed E-state index contributed by atoms with van der Waals surface area (Å²) < 4.78 is 25.1. The number of ether oxygens (including phenoxy) is 2. The zero-order valence-electron chi connectivity index (χ0n) is 20.9. The fraction of sp³-hybridized carbons (Fsp3) is 0.542. The van der Waals surface area contributed by atoms with E-state index in [9.17, 15) is 14.4 Å². The topological polar surface area (TPSA) is 121 Å². The van der Waals surface area contributed by atoms with E-state index in [1.807, 2.05) is 32.0 Å². The normalized spacial score (nSPS) is 22.2. The van der Waals surface area contributed by atoms with E-state index in [2.05, 4.69) is 10.1 Å². The van der Waals surface area contributed by atoms with Crippen molar-refractivity contribution >= 4 is 24.4 Å². The van der Waals surface area contributed by atoms with Gasteiger partial charge in [-0.3, -0.25) is 19.1 Å². The predicted octanol–water partition coefficient (Wildman–Crippen LogP) is 3.49. The van der Waals surface area contributed by atoms with Gasteiger partial charge in [0.2, 0.25) is 0 Å². The van der Waals surface area contributed by atoms with E-state index in [-0.39, 0.29) is 24.7 Å². The molecule has 1 aliphatic rings. The Balaban J connectivity index is 1.75. The van der Waals surface area contributed by atoms with Crippen molar-refractivity contribution in [3.8, 4) is 5.75 Å². The number of nitrogens with one attached hydrogen (secondary N) is 2. The molecule has 2 aromatic rings. The molecule has 1 aliphatic heterocycles. The first-order valence-corrected chi connectivity index (χ1v) is 14.7. The Morgan fingerprint density at radius 1 is 1.28 bits per heavy atom. The number of aromatic nitrogens is 2. The van der Waals surface area contributed by atoms with Crippen LogP contribution in [0.5, 0.6) is 5.75 Å². The van der Waals surface area contributed by atoms with Gasteiger partial charge in [0.1, 0.15) is 18.0 Å². The zero-order valence-corrected chi connectivity index (χ0v) is 22.6. The average molecular weight is 540 g/mol. The Kier molecular flexibility index (Phi) is 10.0. The molecule has 0 amide bonds. The van der Waals surface area contributed by atoms with Crippen LogP contribution in [0.3, 0.4) is 0 Å². The fourth-order valence-electron chi connectivity index (χ4n) is 3.91. The van der Waals surface area contributed by atoms with Crippen LogP contribution >= 0.6 is 6.64 Å². The van der Waals surface area contributed by atoms with E-state index in [0.29, 0.717) is 18.6 Å². The molecule has 1 aromatic carbocycles. The first kappa shape index (κ1) is 28.3. The van der Waals surface area contributed by atoms with E-state index < -0.39 is 36.1 Å². The number of carbonyl (C=O) groups is 1. The van der Waals surface area contributed by atoms with Crippen LogP contribution in [0.1, 0.15) is 53.2 Å². The monoisotopic (exact) mass is 539 g/mol. The van der Waals surface area contributed by atoms with Crippen LogP contribution < -0.4 is 20.9 Å². The number of nitrogens with zero attached hydrogens (tertiary/aromatic N) is 1. The minimum absolute atomic E-state index is 0.0167. The molecule has 1 aromatic heterocycles. The third kappa shape index (κ3) is 7.85. The molecule has 0 saturated carbocycles. The molecule has 198 valence electrons. The summed E-state index contributed by atoms with van der Waals surface area (Å²) >= 11 is 5.83. The Morgan fingerprint density at radius 3 is 2.64 bits per heavy atom. The number of benzene rings is 1. The number of carbonyl (C=O) groups excluding carboxylic acids is 1. The molecule has 2 N–H and O–H groups in total. The highest BCUT2D eigenvalue weighted by Gasteiger charge is 2.37. The summed E-state index contributed by atoms with van der Waals surface area (Å²) in [7, 11) is 0. The van der Waals surface area contributed by atoms with Crippen molar-refractivity contribution in [1.29, 1.82) is 0 Å². The van der Waals surface area contributed by atoms with Crippen molar-refractivity contribution < 1.29 is 23.3 Å². The Morgan fingerprint density at radius 2 is 2.00 bits per heavy atom. The fourth-order valence-corrected chi connectivity index (χ4v) is 6.29. The maximum atomic E-state index is 12.7. The van der Waals surface area contributed by atoms with Gasteiger partial charge >= 0.3 is 18.3 Å². The second-order valence-corrected chi connectivity index (χ2v) is 12.2. The molecule has 0 aliphatic carbocycles. The van der Waals surface area contributed by atoms with Crippen molar-refractivity contribution in [2.24, 2.45) is 5.92 Å². The average Bonchev–Trinajstić information content (AvgIpc) is 3.18. The van der Waals surface area contributed by atoms with Gasteiger partial charge in [-0.2, -0.15) is 0 Å². The lowest BCUT2D eigenvalue weighted by atomic mass is 10.1. The number of rotatable bonds is 12. The highest BCUT2D eigenvalue weighted by Crippen LogP contribution is 2.47. The molecule has 36 heavy (non-hydrogen) atoms. The molecule has 10 nitrogen and oxygen atoms in total. The van der Waals surface area contributed by atoms with Crippen LogP contribution in [0.25, 0.3) is 0 Å². The van der Waals surface area contributed by atoms with Gasteiger partial charge in [-0.15, -0.1) is 0 Å². The van der Waals surface area contributed by atoms with Crippen LogP contribution in [0.15, 0.2) is 52.2 Å². The van der Waals surface area contributed by atoms with Crippen molar-refractivity contribution in [2.75, 3.05) is 6.61 Å². The molecule has 0 radical (unpaired) electrons. The number of hydrogen-bond acceptors (Lipinski definition) is 8.